The molecule has 0 aliphatic carbocycles. The van der Waals surface area contributed by atoms with E-state index in [9.17, 15) is 4.39 Å². The molecule has 5 heteroatoms. The molecule has 0 spiro atoms. The molecule has 20 heavy (non-hydrogen) atoms. The largest absolute Gasteiger partial charge is 0.495 e. The van der Waals surface area contributed by atoms with Crippen LogP contribution in [0.1, 0.15) is 24.2 Å². The zero-order valence-corrected chi connectivity index (χ0v) is 12.1. The van der Waals surface area contributed by atoms with Crippen molar-refractivity contribution in [3.8, 4) is 5.75 Å². The number of benzene rings is 1. The molecule has 0 fully saturated rings. The quantitative estimate of drug-likeness (QED) is 0.915. The Morgan fingerprint density at radius 3 is 2.85 bits per heavy atom. The number of hydrogen-bond acceptors (Lipinski definition) is 3. The first-order valence-corrected chi connectivity index (χ1v) is 6.73. The minimum atomic E-state index is -0.437. The third-order valence-electron chi connectivity index (χ3n) is 2.99. The van der Waals surface area contributed by atoms with Gasteiger partial charge in [0.15, 0.2) is 0 Å². The zero-order chi connectivity index (χ0) is 14.5. The lowest BCUT2D eigenvalue weighted by atomic mass is 10.0. The lowest BCUT2D eigenvalue weighted by Crippen LogP contribution is -2.24. The van der Waals surface area contributed by atoms with Gasteiger partial charge in [0.05, 0.1) is 18.2 Å². The number of aromatic nitrogens is 1. The summed E-state index contributed by atoms with van der Waals surface area (Å²) < 4.78 is 19.6. The highest BCUT2D eigenvalue weighted by atomic mass is 35.5. The molecule has 0 aliphatic heterocycles. The molecule has 1 aromatic carbocycles. The van der Waals surface area contributed by atoms with Gasteiger partial charge >= 0.3 is 0 Å². The van der Waals surface area contributed by atoms with E-state index in [1.807, 2.05) is 6.92 Å². The number of hydrogen-bond donors (Lipinski definition) is 1. The van der Waals surface area contributed by atoms with Crippen LogP contribution in [-0.2, 0) is 0 Å². The van der Waals surface area contributed by atoms with Crippen LogP contribution in [0.3, 0.4) is 0 Å². The minimum Gasteiger partial charge on any atom is -0.495 e. The van der Waals surface area contributed by atoms with Crippen molar-refractivity contribution < 1.29 is 9.13 Å². The van der Waals surface area contributed by atoms with E-state index in [-0.39, 0.29) is 5.02 Å². The summed E-state index contributed by atoms with van der Waals surface area (Å²) in [7, 11) is 1.57. The van der Waals surface area contributed by atoms with Gasteiger partial charge in [-0.15, -0.1) is 0 Å². The number of ether oxygens (including phenoxy) is 1. The maximum Gasteiger partial charge on any atom is 0.146 e. The Balaban J connectivity index is 2.53. The van der Waals surface area contributed by atoms with Crippen molar-refractivity contribution >= 4 is 11.6 Å². The van der Waals surface area contributed by atoms with E-state index in [0.717, 1.165) is 0 Å². The average Bonchev–Trinajstić information content (AvgIpc) is 2.48. The van der Waals surface area contributed by atoms with Crippen molar-refractivity contribution in [3.63, 3.8) is 0 Å². The number of nitrogens with zero attached hydrogens (tertiary/aromatic N) is 1. The summed E-state index contributed by atoms with van der Waals surface area (Å²) in [6.07, 6.45) is 1.66. The predicted molar refractivity (Wildman–Crippen MR) is 77.7 cm³/mol. The van der Waals surface area contributed by atoms with Gasteiger partial charge in [-0.3, -0.25) is 4.98 Å². The lowest BCUT2D eigenvalue weighted by Gasteiger charge is -2.20. The topological polar surface area (TPSA) is 34.2 Å². The van der Waals surface area contributed by atoms with Crippen LogP contribution in [-0.4, -0.2) is 18.6 Å². The molecule has 1 aromatic heterocycles. The van der Waals surface area contributed by atoms with Crippen LogP contribution in [0.4, 0.5) is 4.39 Å². The van der Waals surface area contributed by atoms with E-state index < -0.39 is 11.9 Å². The van der Waals surface area contributed by atoms with Crippen molar-refractivity contribution in [1.82, 2.24) is 10.3 Å². The normalized spacial score (nSPS) is 12.2. The fourth-order valence-corrected chi connectivity index (χ4v) is 2.28. The molecule has 0 radical (unpaired) electrons. The van der Waals surface area contributed by atoms with E-state index in [4.69, 9.17) is 16.3 Å². The SMILES string of the molecule is CCNC(c1cccc(Cl)c1F)c1ncccc1OC. The Morgan fingerprint density at radius 2 is 2.15 bits per heavy atom. The molecule has 1 heterocycles. The van der Waals surface area contributed by atoms with Crippen molar-refractivity contribution in [3.05, 3.63) is 58.6 Å². The fourth-order valence-electron chi connectivity index (χ4n) is 2.09. The van der Waals surface area contributed by atoms with Gasteiger partial charge in [0.2, 0.25) is 0 Å². The molecule has 1 N–H and O–H groups in total. The Bertz CT molecular complexity index is 592. The Morgan fingerprint density at radius 1 is 1.35 bits per heavy atom. The maximum atomic E-state index is 14.3. The molecule has 106 valence electrons. The lowest BCUT2D eigenvalue weighted by molar-refractivity contribution is 0.399. The van der Waals surface area contributed by atoms with E-state index in [1.165, 1.54) is 6.07 Å². The maximum absolute atomic E-state index is 14.3. The van der Waals surface area contributed by atoms with Crippen molar-refractivity contribution in [2.75, 3.05) is 13.7 Å². The van der Waals surface area contributed by atoms with Gasteiger partial charge in [0, 0.05) is 11.8 Å². The summed E-state index contributed by atoms with van der Waals surface area (Å²) in [5.74, 6) is 0.172. The predicted octanol–water partition coefficient (Wildman–Crippen LogP) is 3.58. The first-order valence-electron chi connectivity index (χ1n) is 6.35. The molecule has 0 amide bonds. The minimum absolute atomic E-state index is 0.0975. The van der Waals surface area contributed by atoms with Crippen LogP contribution in [0.2, 0.25) is 5.02 Å². The van der Waals surface area contributed by atoms with Gasteiger partial charge in [0.1, 0.15) is 17.3 Å². The van der Waals surface area contributed by atoms with Crippen LogP contribution < -0.4 is 10.1 Å². The first kappa shape index (κ1) is 14.8. The highest BCUT2D eigenvalue weighted by Gasteiger charge is 2.22. The smallest absolute Gasteiger partial charge is 0.146 e. The molecule has 1 unspecified atom stereocenters. The van der Waals surface area contributed by atoms with Gasteiger partial charge in [-0.25, -0.2) is 4.39 Å². The summed E-state index contributed by atoms with van der Waals surface area (Å²) in [5.41, 5.74) is 1.09. The molecule has 2 aromatic rings. The van der Waals surface area contributed by atoms with Crippen LogP contribution in [0.25, 0.3) is 0 Å². The van der Waals surface area contributed by atoms with Crippen LogP contribution in [0, 0.1) is 5.82 Å². The van der Waals surface area contributed by atoms with Gasteiger partial charge in [-0.05, 0) is 24.7 Å². The van der Waals surface area contributed by atoms with E-state index in [1.54, 1.807) is 37.6 Å². The van der Waals surface area contributed by atoms with Gasteiger partial charge < -0.3 is 10.1 Å². The highest BCUT2D eigenvalue weighted by molar-refractivity contribution is 6.30. The Hall–Kier alpha value is -1.65. The second kappa shape index (κ2) is 6.68. The monoisotopic (exact) mass is 294 g/mol. The first-order chi connectivity index (χ1) is 9.69. The summed E-state index contributed by atoms with van der Waals surface area (Å²) in [5, 5.41) is 3.31. The standard InChI is InChI=1S/C15H16ClFN2O/c1-3-18-14(10-6-4-7-11(16)13(10)17)15-12(20-2)8-5-9-19-15/h4-9,14,18H,3H2,1-2H3. The second-order valence-electron chi connectivity index (χ2n) is 4.22. The summed E-state index contributed by atoms with van der Waals surface area (Å²) in [4.78, 5) is 4.32. The van der Waals surface area contributed by atoms with Crippen LogP contribution >= 0.6 is 11.6 Å². The summed E-state index contributed by atoms with van der Waals surface area (Å²) in [6.45, 7) is 2.61. The number of nitrogens with one attached hydrogen (secondary N) is 1. The molecule has 3 nitrogen and oxygen atoms in total. The molecule has 2 rings (SSSR count). The zero-order valence-electron chi connectivity index (χ0n) is 11.4. The van der Waals surface area contributed by atoms with Crippen LogP contribution in [0.5, 0.6) is 5.75 Å². The number of methoxy groups -OCH3 is 1. The molecule has 0 saturated carbocycles. The van der Waals surface area contributed by atoms with Crippen molar-refractivity contribution in [1.29, 1.82) is 0 Å². The highest BCUT2D eigenvalue weighted by Crippen LogP contribution is 2.31. The molecule has 1 atom stereocenters. The Labute approximate surface area is 122 Å². The van der Waals surface area contributed by atoms with Crippen molar-refractivity contribution in [2.45, 2.75) is 13.0 Å². The third kappa shape index (κ3) is 2.92. The third-order valence-corrected chi connectivity index (χ3v) is 3.29. The second-order valence-corrected chi connectivity index (χ2v) is 4.63. The molecule has 0 saturated heterocycles. The van der Waals surface area contributed by atoms with Gasteiger partial charge in [-0.1, -0.05) is 30.7 Å². The van der Waals surface area contributed by atoms with E-state index in [2.05, 4.69) is 10.3 Å². The number of pyridine rings is 1. The van der Waals surface area contributed by atoms with Gasteiger partial charge in [-0.2, -0.15) is 0 Å². The van der Waals surface area contributed by atoms with E-state index >= 15 is 0 Å². The van der Waals surface area contributed by atoms with Gasteiger partial charge in [0.25, 0.3) is 0 Å². The van der Waals surface area contributed by atoms with Crippen LogP contribution in [0.15, 0.2) is 36.5 Å². The van der Waals surface area contributed by atoms with E-state index in [0.29, 0.717) is 23.6 Å². The summed E-state index contributed by atoms with van der Waals surface area (Å²) >= 11 is 5.86. The Kier molecular flexibility index (Phi) is 4.93. The fraction of sp³-hybridized carbons (Fsp3) is 0.267. The average molecular weight is 295 g/mol. The molecular weight excluding hydrogens is 279 g/mol. The molecule has 0 aliphatic rings. The number of rotatable bonds is 5. The van der Waals surface area contributed by atoms with Crippen molar-refractivity contribution in [2.24, 2.45) is 0 Å². The molecular formula is C15H16ClFN2O. The summed E-state index contributed by atoms with van der Waals surface area (Å²) in [6, 6.07) is 8.12. The number of halogens is 2. The molecule has 0 bridgehead atoms.